The van der Waals surface area contributed by atoms with E-state index in [4.69, 9.17) is 13.9 Å². The lowest BCUT2D eigenvalue weighted by molar-refractivity contribution is 0.415. The SMILES string of the molecule is COc1ccc(-c2cc3cc(-c4ccccc4OC)ccc3o2)cc1. The number of rotatable bonds is 4. The summed E-state index contributed by atoms with van der Waals surface area (Å²) in [6.45, 7) is 0. The van der Waals surface area contributed by atoms with Crippen LogP contribution in [-0.2, 0) is 0 Å². The predicted molar refractivity (Wildman–Crippen MR) is 100 cm³/mol. The topological polar surface area (TPSA) is 31.6 Å². The second-order valence-corrected chi connectivity index (χ2v) is 5.79. The van der Waals surface area contributed by atoms with Gasteiger partial charge in [0, 0.05) is 16.5 Å². The highest BCUT2D eigenvalue weighted by atomic mass is 16.5. The summed E-state index contributed by atoms with van der Waals surface area (Å²) in [4.78, 5) is 0. The first-order valence-electron chi connectivity index (χ1n) is 8.10. The average Bonchev–Trinajstić information content (AvgIpc) is 3.11. The molecule has 0 unspecified atom stereocenters. The Hall–Kier alpha value is -3.20. The van der Waals surface area contributed by atoms with Crippen LogP contribution in [0.2, 0.25) is 0 Å². The van der Waals surface area contributed by atoms with Gasteiger partial charge in [0.05, 0.1) is 14.2 Å². The Morgan fingerprint density at radius 2 is 1.48 bits per heavy atom. The molecule has 4 rings (SSSR count). The fourth-order valence-electron chi connectivity index (χ4n) is 2.99. The molecule has 0 aliphatic rings. The van der Waals surface area contributed by atoms with Gasteiger partial charge in [-0.25, -0.2) is 0 Å². The lowest BCUT2D eigenvalue weighted by atomic mass is 10.0. The Labute approximate surface area is 146 Å². The third kappa shape index (κ3) is 2.85. The largest absolute Gasteiger partial charge is 0.497 e. The molecule has 0 bridgehead atoms. The number of hydrogen-bond donors (Lipinski definition) is 0. The number of furan rings is 1. The van der Waals surface area contributed by atoms with Crippen LogP contribution < -0.4 is 9.47 Å². The second-order valence-electron chi connectivity index (χ2n) is 5.79. The van der Waals surface area contributed by atoms with Crippen molar-refractivity contribution in [2.45, 2.75) is 0 Å². The van der Waals surface area contributed by atoms with Crippen LogP contribution in [0, 0.1) is 0 Å². The van der Waals surface area contributed by atoms with Crippen LogP contribution in [0.4, 0.5) is 0 Å². The maximum Gasteiger partial charge on any atom is 0.135 e. The van der Waals surface area contributed by atoms with Crippen LogP contribution in [0.15, 0.2) is 77.2 Å². The lowest BCUT2D eigenvalue weighted by Gasteiger charge is -2.07. The summed E-state index contributed by atoms with van der Waals surface area (Å²) in [6.07, 6.45) is 0. The molecule has 0 N–H and O–H groups in total. The highest BCUT2D eigenvalue weighted by Gasteiger charge is 2.10. The number of fused-ring (bicyclic) bond motifs is 1. The number of benzene rings is 3. The zero-order chi connectivity index (χ0) is 17.2. The van der Waals surface area contributed by atoms with Crippen molar-refractivity contribution in [1.29, 1.82) is 0 Å². The van der Waals surface area contributed by atoms with Gasteiger partial charge in [-0.3, -0.25) is 0 Å². The highest BCUT2D eigenvalue weighted by Crippen LogP contribution is 2.34. The number of methoxy groups -OCH3 is 2. The van der Waals surface area contributed by atoms with Gasteiger partial charge in [0.25, 0.3) is 0 Å². The van der Waals surface area contributed by atoms with Crippen molar-refractivity contribution in [2.75, 3.05) is 14.2 Å². The van der Waals surface area contributed by atoms with E-state index >= 15 is 0 Å². The highest BCUT2D eigenvalue weighted by molar-refractivity contribution is 5.88. The van der Waals surface area contributed by atoms with Crippen molar-refractivity contribution in [3.63, 3.8) is 0 Å². The summed E-state index contributed by atoms with van der Waals surface area (Å²) in [5.74, 6) is 2.54. The fourth-order valence-corrected chi connectivity index (χ4v) is 2.99. The normalized spacial score (nSPS) is 10.8. The molecule has 1 heterocycles. The van der Waals surface area contributed by atoms with Crippen molar-refractivity contribution in [2.24, 2.45) is 0 Å². The zero-order valence-electron chi connectivity index (χ0n) is 14.2. The molecular formula is C22H18O3. The molecule has 3 heteroatoms. The Kier molecular flexibility index (Phi) is 3.90. The van der Waals surface area contributed by atoms with Crippen LogP contribution in [0.25, 0.3) is 33.4 Å². The molecule has 0 radical (unpaired) electrons. The van der Waals surface area contributed by atoms with Gasteiger partial charge in [-0.15, -0.1) is 0 Å². The molecule has 1 aromatic heterocycles. The van der Waals surface area contributed by atoms with E-state index in [1.165, 1.54) is 0 Å². The van der Waals surface area contributed by atoms with Crippen LogP contribution >= 0.6 is 0 Å². The van der Waals surface area contributed by atoms with Crippen LogP contribution in [-0.4, -0.2) is 14.2 Å². The van der Waals surface area contributed by atoms with Gasteiger partial charge in [-0.1, -0.05) is 24.3 Å². The second kappa shape index (κ2) is 6.36. The Morgan fingerprint density at radius 1 is 0.720 bits per heavy atom. The maximum atomic E-state index is 6.00. The van der Waals surface area contributed by atoms with E-state index in [2.05, 4.69) is 24.3 Å². The molecule has 0 saturated heterocycles. The molecule has 0 atom stereocenters. The summed E-state index contributed by atoms with van der Waals surface area (Å²) < 4.78 is 16.7. The Morgan fingerprint density at radius 3 is 2.24 bits per heavy atom. The molecule has 0 saturated carbocycles. The summed E-state index contributed by atoms with van der Waals surface area (Å²) >= 11 is 0. The molecule has 0 spiro atoms. The standard InChI is InChI=1S/C22H18O3/c1-23-18-10-7-15(8-11-18)22-14-17-13-16(9-12-20(17)25-22)19-5-3-4-6-21(19)24-2/h3-14H,1-2H3. The van der Waals surface area contributed by atoms with E-state index in [0.717, 1.165) is 44.9 Å². The van der Waals surface area contributed by atoms with E-state index < -0.39 is 0 Å². The maximum absolute atomic E-state index is 6.00. The first-order chi connectivity index (χ1) is 12.3. The Bertz CT molecular complexity index is 1010. The van der Waals surface area contributed by atoms with Crippen molar-refractivity contribution in [3.05, 3.63) is 72.8 Å². The molecule has 0 amide bonds. The van der Waals surface area contributed by atoms with Crippen molar-refractivity contribution < 1.29 is 13.9 Å². The summed E-state index contributed by atoms with van der Waals surface area (Å²) in [5, 5.41) is 1.06. The number of hydrogen-bond acceptors (Lipinski definition) is 3. The minimum absolute atomic E-state index is 0.832. The monoisotopic (exact) mass is 330 g/mol. The molecule has 0 aliphatic heterocycles. The molecule has 4 aromatic rings. The minimum atomic E-state index is 0.832. The summed E-state index contributed by atoms with van der Waals surface area (Å²) in [6, 6.07) is 24.1. The van der Waals surface area contributed by atoms with Crippen molar-refractivity contribution in [1.82, 2.24) is 0 Å². The molecule has 0 aliphatic carbocycles. The van der Waals surface area contributed by atoms with Crippen molar-refractivity contribution in [3.8, 4) is 33.9 Å². The smallest absolute Gasteiger partial charge is 0.135 e. The average molecular weight is 330 g/mol. The Balaban J connectivity index is 1.76. The third-order valence-corrected chi connectivity index (χ3v) is 4.31. The quantitative estimate of drug-likeness (QED) is 0.475. The van der Waals surface area contributed by atoms with Crippen LogP contribution in [0.5, 0.6) is 11.5 Å². The molecule has 3 aromatic carbocycles. The van der Waals surface area contributed by atoms with Crippen molar-refractivity contribution >= 4 is 11.0 Å². The van der Waals surface area contributed by atoms with E-state index in [1.54, 1.807) is 14.2 Å². The van der Waals surface area contributed by atoms with E-state index in [-0.39, 0.29) is 0 Å². The molecular weight excluding hydrogens is 312 g/mol. The first-order valence-corrected chi connectivity index (χ1v) is 8.10. The van der Waals surface area contributed by atoms with Crippen LogP contribution in [0.3, 0.4) is 0 Å². The zero-order valence-corrected chi connectivity index (χ0v) is 14.2. The summed E-state index contributed by atoms with van der Waals surface area (Å²) in [7, 11) is 3.35. The molecule has 0 fully saturated rings. The van der Waals surface area contributed by atoms with Gasteiger partial charge in [0.2, 0.25) is 0 Å². The van der Waals surface area contributed by atoms with Gasteiger partial charge < -0.3 is 13.9 Å². The van der Waals surface area contributed by atoms with E-state index in [9.17, 15) is 0 Å². The van der Waals surface area contributed by atoms with E-state index in [0.29, 0.717) is 0 Å². The first kappa shape index (κ1) is 15.3. The van der Waals surface area contributed by atoms with Crippen LogP contribution in [0.1, 0.15) is 0 Å². The summed E-state index contributed by atoms with van der Waals surface area (Å²) in [5.41, 5.74) is 4.06. The van der Waals surface area contributed by atoms with Gasteiger partial charge in [-0.05, 0) is 54.1 Å². The van der Waals surface area contributed by atoms with E-state index in [1.807, 2.05) is 48.5 Å². The fraction of sp³-hybridized carbons (Fsp3) is 0.0909. The minimum Gasteiger partial charge on any atom is -0.497 e. The predicted octanol–water partition coefficient (Wildman–Crippen LogP) is 5.78. The lowest BCUT2D eigenvalue weighted by Crippen LogP contribution is -1.86. The van der Waals surface area contributed by atoms with Gasteiger partial charge in [-0.2, -0.15) is 0 Å². The molecule has 3 nitrogen and oxygen atoms in total. The molecule has 124 valence electrons. The van der Waals surface area contributed by atoms with Gasteiger partial charge in [0.1, 0.15) is 22.8 Å². The van der Waals surface area contributed by atoms with Gasteiger partial charge >= 0.3 is 0 Å². The third-order valence-electron chi connectivity index (χ3n) is 4.31. The number of ether oxygens (including phenoxy) is 2. The van der Waals surface area contributed by atoms with Gasteiger partial charge in [0.15, 0.2) is 0 Å². The molecule has 25 heavy (non-hydrogen) atoms. The number of para-hydroxylation sites is 1.